The van der Waals surface area contributed by atoms with Crippen LogP contribution in [-0.2, 0) is 4.79 Å². The van der Waals surface area contributed by atoms with Crippen LogP contribution < -0.4 is 20.4 Å². The molecule has 0 spiro atoms. The highest BCUT2D eigenvalue weighted by molar-refractivity contribution is 5.79. The van der Waals surface area contributed by atoms with E-state index >= 15 is 0 Å². The van der Waals surface area contributed by atoms with Gasteiger partial charge in [0.25, 0.3) is 5.91 Å². The van der Waals surface area contributed by atoms with Crippen molar-refractivity contribution in [1.82, 2.24) is 10.2 Å². The highest BCUT2D eigenvalue weighted by Crippen LogP contribution is 2.22. The van der Waals surface area contributed by atoms with Gasteiger partial charge < -0.3 is 24.1 Å². The Morgan fingerprint density at radius 1 is 1.10 bits per heavy atom. The SMILES string of the molecule is COc1cccc(C(CNC(=O)COc2ccc3ccc(=O)oc3c2)N(C)C)c1. The largest absolute Gasteiger partial charge is 0.497 e. The lowest BCUT2D eigenvalue weighted by Gasteiger charge is -2.25. The van der Waals surface area contributed by atoms with Gasteiger partial charge in [-0.2, -0.15) is 0 Å². The average molecular weight is 396 g/mol. The van der Waals surface area contributed by atoms with Gasteiger partial charge in [-0.25, -0.2) is 4.79 Å². The van der Waals surface area contributed by atoms with E-state index in [1.807, 2.05) is 43.3 Å². The van der Waals surface area contributed by atoms with Crippen molar-refractivity contribution in [2.75, 3.05) is 34.4 Å². The van der Waals surface area contributed by atoms with Gasteiger partial charge in [0, 0.05) is 24.1 Å². The number of nitrogens with one attached hydrogen (secondary N) is 1. The summed E-state index contributed by atoms with van der Waals surface area (Å²) in [5, 5.41) is 3.68. The molecule has 29 heavy (non-hydrogen) atoms. The van der Waals surface area contributed by atoms with Crippen molar-refractivity contribution in [2.24, 2.45) is 0 Å². The van der Waals surface area contributed by atoms with E-state index in [9.17, 15) is 9.59 Å². The lowest BCUT2D eigenvalue weighted by molar-refractivity contribution is -0.123. The summed E-state index contributed by atoms with van der Waals surface area (Å²) in [5.74, 6) is 0.986. The quantitative estimate of drug-likeness (QED) is 0.590. The smallest absolute Gasteiger partial charge is 0.336 e. The van der Waals surface area contributed by atoms with E-state index in [0.717, 1.165) is 16.7 Å². The highest BCUT2D eigenvalue weighted by atomic mass is 16.5. The second-order valence-electron chi connectivity index (χ2n) is 6.80. The molecule has 7 nitrogen and oxygen atoms in total. The number of methoxy groups -OCH3 is 1. The maximum atomic E-state index is 12.3. The Bertz CT molecular complexity index is 1040. The molecule has 0 fully saturated rings. The summed E-state index contributed by atoms with van der Waals surface area (Å²) in [4.78, 5) is 25.6. The van der Waals surface area contributed by atoms with E-state index < -0.39 is 5.63 Å². The number of rotatable bonds is 8. The van der Waals surface area contributed by atoms with Crippen molar-refractivity contribution in [3.8, 4) is 11.5 Å². The monoisotopic (exact) mass is 396 g/mol. The first kappa shape index (κ1) is 20.4. The number of benzene rings is 2. The molecule has 0 radical (unpaired) electrons. The third-order valence-corrected chi connectivity index (χ3v) is 4.56. The van der Waals surface area contributed by atoms with Gasteiger partial charge in [0.1, 0.15) is 17.1 Å². The van der Waals surface area contributed by atoms with E-state index in [0.29, 0.717) is 17.9 Å². The zero-order valence-electron chi connectivity index (χ0n) is 16.7. The van der Waals surface area contributed by atoms with Crippen LogP contribution in [0.3, 0.4) is 0 Å². The molecule has 3 rings (SSSR count). The summed E-state index contributed by atoms with van der Waals surface area (Å²) in [6.45, 7) is 0.287. The summed E-state index contributed by atoms with van der Waals surface area (Å²) in [7, 11) is 5.53. The molecule has 1 aromatic heterocycles. The zero-order chi connectivity index (χ0) is 20.8. The second kappa shape index (κ2) is 9.25. The molecular formula is C22H24N2O5. The number of hydrogen-bond acceptors (Lipinski definition) is 6. The fourth-order valence-electron chi connectivity index (χ4n) is 2.99. The Morgan fingerprint density at radius 3 is 2.66 bits per heavy atom. The molecule has 3 aromatic rings. The standard InChI is InChI=1S/C22H24N2O5/c1-24(2)19(16-5-4-6-17(11-16)27-3)13-23-21(25)14-28-18-9-7-15-8-10-22(26)29-20(15)12-18/h4-12,19H,13-14H2,1-3H3,(H,23,25). The van der Waals surface area contributed by atoms with E-state index in [4.69, 9.17) is 13.9 Å². The van der Waals surface area contributed by atoms with E-state index in [1.54, 1.807) is 31.4 Å². The molecular weight excluding hydrogens is 372 g/mol. The van der Waals surface area contributed by atoms with Crippen molar-refractivity contribution in [2.45, 2.75) is 6.04 Å². The minimum absolute atomic E-state index is 0.0102. The fourth-order valence-corrected chi connectivity index (χ4v) is 2.99. The van der Waals surface area contributed by atoms with Crippen LogP contribution in [0, 0.1) is 0 Å². The Hall–Kier alpha value is -3.32. The third kappa shape index (κ3) is 5.36. The lowest BCUT2D eigenvalue weighted by Crippen LogP contribution is -2.36. The van der Waals surface area contributed by atoms with Crippen LogP contribution in [0.5, 0.6) is 11.5 Å². The van der Waals surface area contributed by atoms with E-state index in [-0.39, 0.29) is 18.6 Å². The van der Waals surface area contributed by atoms with Crippen molar-refractivity contribution in [3.63, 3.8) is 0 Å². The van der Waals surface area contributed by atoms with Crippen LogP contribution in [0.4, 0.5) is 0 Å². The number of fused-ring (bicyclic) bond motifs is 1. The van der Waals surface area contributed by atoms with Crippen molar-refractivity contribution >= 4 is 16.9 Å². The number of carbonyl (C=O) groups excluding carboxylic acids is 1. The van der Waals surface area contributed by atoms with Crippen LogP contribution in [0.2, 0.25) is 0 Å². The van der Waals surface area contributed by atoms with Crippen molar-refractivity contribution < 1.29 is 18.7 Å². The number of amides is 1. The first-order chi connectivity index (χ1) is 14.0. The molecule has 1 unspecified atom stereocenters. The number of carbonyl (C=O) groups is 1. The first-order valence-corrected chi connectivity index (χ1v) is 9.20. The molecule has 0 bridgehead atoms. The number of nitrogens with zero attached hydrogens (tertiary/aromatic N) is 1. The topological polar surface area (TPSA) is 81.0 Å². The molecule has 0 aliphatic carbocycles. The summed E-state index contributed by atoms with van der Waals surface area (Å²) in [6.07, 6.45) is 0. The summed E-state index contributed by atoms with van der Waals surface area (Å²) < 4.78 is 16.0. The van der Waals surface area contributed by atoms with Crippen LogP contribution in [0.15, 0.2) is 63.8 Å². The van der Waals surface area contributed by atoms with Crippen molar-refractivity contribution in [1.29, 1.82) is 0 Å². The molecule has 0 saturated heterocycles. The molecule has 0 aliphatic heterocycles. The minimum atomic E-state index is -0.431. The Balaban J connectivity index is 1.58. The summed E-state index contributed by atoms with van der Waals surface area (Å²) >= 11 is 0. The molecule has 2 aromatic carbocycles. The third-order valence-electron chi connectivity index (χ3n) is 4.56. The van der Waals surface area contributed by atoms with Crippen molar-refractivity contribution in [3.05, 3.63) is 70.6 Å². The Kier molecular flexibility index (Phi) is 6.51. The molecule has 1 amide bonds. The molecule has 1 N–H and O–H groups in total. The Morgan fingerprint density at radius 2 is 1.90 bits per heavy atom. The maximum Gasteiger partial charge on any atom is 0.336 e. The normalized spacial score (nSPS) is 12.0. The maximum absolute atomic E-state index is 12.3. The van der Waals surface area contributed by atoms with Crippen LogP contribution in [-0.4, -0.2) is 45.2 Å². The second-order valence-corrected chi connectivity index (χ2v) is 6.80. The van der Waals surface area contributed by atoms with Crippen LogP contribution in [0.1, 0.15) is 11.6 Å². The summed E-state index contributed by atoms with van der Waals surface area (Å²) in [5.41, 5.74) is 1.03. The van der Waals surface area contributed by atoms with Gasteiger partial charge in [0.15, 0.2) is 6.61 Å². The predicted molar refractivity (Wildman–Crippen MR) is 110 cm³/mol. The van der Waals surface area contributed by atoms with Gasteiger partial charge in [0.2, 0.25) is 0 Å². The van der Waals surface area contributed by atoms with Gasteiger partial charge in [-0.05, 0) is 50.0 Å². The van der Waals surface area contributed by atoms with Gasteiger partial charge in [-0.3, -0.25) is 4.79 Å². The van der Waals surface area contributed by atoms with E-state index in [2.05, 4.69) is 5.32 Å². The molecule has 0 saturated carbocycles. The molecule has 7 heteroatoms. The predicted octanol–water partition coefficient (Wildman–Crippen LogP) is 2.60. The molecule has 1 heterocycles. The number of hydrogen-bond donors (Lipinski definition) is 1. The first-order valence-electron chi connectivity index (χ1n) is 9.20. The molecule has 1 atom stereocenters. The molecule has 0 aliphatic rings. The summed E-state index contributed by atoms with van der Waals surface area (Å²) in [6, 6.07) is 15.9. The molecule has 152 valence electrons. The van der Waals surface area contributed by atoms with Gasteiger partial charge in [-0.1, -0.05) is 12.1 Å². The average Bonchev–Trinajstić information content (AvgIpc) is 2.72. The van der Waals surface area contributed by atoms with E-state index in [1.165, 1.54) is 6.07 Å². The van der Waals surface area contributed by atoms with Gasteiger partial charge in [-0.15, -0.1) is 0 Å². The fraction of sp³-hybridized carbons (Fsp3) is 0.273. The Labute approximate surface area is 168 Å². The lowest BCUT2D eigenvalue weighted by atomic mass is 10.1. The minimum Gasteiger partial charge on any atom is -0.497 e. The zero-order valence-corrected chi connectivity index (χ0v) is 16.7. The van der Waals surface area contributed by atoms with Gasteiger partial charge >= 0.3 is 5.63 Å². The number of likely N-dealkylation sites (N-methyl/N-ethyl adjacent to an activating group) is 1. The van der Waals surface area contributed by atoms with Gasteiger partial charge in [0.05, 0.1) is 13.2 Å². The van der Waals surface area contributed by atoms with Crippen LogP contribution >= 0.6 is 0 Å². The van der Waals surface area contributed by atoms with Crippen LogP contribution in [0.25, 0.3) is 11.0 Å². The highest BCUT2D eigenvalue weighted by Gasteiger charge is 2.16. The number of ether oxygens (including phenoxy) is 2.